The van der Waals surface area contributed by atoms with Crippen molar-refractivity contribution in [2.75, 3.05) is 6.54 Å². The molecule has 3 nitrogen and oxygen atoms in total. The van der Waals surface area contributed by atoms with Crippen LogP contribution in [0.4, 0.5) is 4.39 Å². The maximum Gasteiger partial charge on any atom is 0.192 e. The van der Waals surface area contributed by atoms with Gasteiger partial charge in [0.2, 0.25) is 0 Å². The third kappa shape index (κ3) is 4.79. The van der Waals surface area contributed by atoms with E-state index >= 15 is 0 Å². The summed E-state index contributed by atoms with van der Waals surface area (Å²) < 4.78 is 14.1. The average Bonchev–Trinajstić information content (AvgIpc) is 2.41. The summed E-state index contributed by atoms with van der Waals surface area (Å²) in [5, 5.41) is 3.93. The zero-order valence-electron chi connectivity index (χ0n) is 12.6. The van der Waals surface area contributed by atoms with Gasteiger partial charge in [0, 0.05) is 28.9 Å². The van der Waals surface area contributed by atoms with Crippen molar-refractivity contribution in [1.82, 2.24) is 15.3 Å². The zero-order valence-corrected chi connectivity index (χ0v) is 13.4. The number of hydrogen-bond acceptors (Lipinski definition) is 4. The average molecular weight is 305 g/mol. The third-order valence-electron chi connectivity index (χ3n) is 2.90. The number of rotatable bonds is 6. The molecule has 0 radical (unpaired) electrons. The molecule has 0 aliphatic rings. The monoisotopic (exact) mass is 305 g/mol. The SMILES string of the molecule is Cc1ccnc(Sc2cccc(F)c2CNCC(C)C)n1. The van der Waals surface area contributed by atoms with Gasteiger partial charge < -0.3 is 5.32 Å². The summed E-state index contributed by atoms with van der Waals surface area (Å²) in [6.45, 7) is 7.55. The van der Waals surface area contributed by atoms with Crippen LogP contribution in [0.25, 0.3) is 0 Å². The van der Waals surface area contributed by atoms with Gasteiger partial charge >= 0.3 is 0 Å². The Hall–Kier alpha value is -1.46. The molecule has 0 bridgehead atoms. The van der Waals surface area contributed by atoms with E-state index in [0.29, 0.717) is 23.2 Å². The lowest BCUT2D eigenvalue weighted by Gasteiger charge is -2.12. The van der Waals surface area contributed by atoms with Gasteiger partial charge in [0.05, 0.1) is 0 Å². The summed E-state index contributed by atoms with van der Waals surface area (Å²) in [7, 11) is 0. The normalized spacial score (nSPS) is 11.1. The minimum absolute atomic E-state index is 0.191. The number of aryl methyl sites for hydroxylation is 1. The number of hydrogen-bond donors (Lipinski definition) is 1. The van der Waals surface area contributed by atoms with Crippen LogP contribution in [-0.4, -0.2) is 16.5 Å². The maximum absolute atomic E-state index is 14.1. The van der Waals surface area contributed by atoms with Crippen LogP contribution in [-0.2, 0) is 6.54 Å². The molecule has 1 N–H and O–H groups in total. The van der Waals surface area contributed by atoms with E-state index in [-0.39, 0.29) is 5.82 Å². The summed E-state index contributed by atoms with van der Waals surface area (Å²) >= 11 is 1.40. The van der Waals surface area contributed by atoms with Gasteiger partial charge in [-0.2, -0.15) is 0 Å². The minimum Gasteiger partial charge on any atom is -0.312 e. The number of benzene rings is 1. The highest BCUT2D eigenvalue weighted by Gasteiger charge is 2.11. The summed E-state index contributed by atoms with van der Waals surface area (Å²) in [6, 6.07) is 6.97. The smallest absolute Gasteiger partial charge is 0.192 e. The van der Waals surface area contributed by atoms with E-state index < -0.39 is 0 Å². The first-order chi connectivity index (χ1) is 10.1. The second-order valence-corrected chi connectivity index (χ2v) is 6.33. The summed E-state index contributed by atoms with van der Waals surface area (Å²) in [6.07, 6.45) is 1.72. The van der Waals surface area contributed by atoms with Gasteiger partial charge in [0.25, 0.3) is 0 Å². The molecule has 0 fully saturated rings. The quantitative estimate of drug-likeness (QED) is 0.823. The molecule has 0 unspecified atom stereocenters. The molecule has 5 heteroatoms. The molecule has 112 valence electrons. The van der Waals surface area contributed by atoms with Crippen molar-refractivity contribution < 1.29 is 4.39 Å². The van der Waals surface area contributed by atoms with Gasteiger partial charge in [-0.25, -0.2) is 14.4 Å². The molecule has 1 aromatic carbocycles. The van der Waals surface area contributed by atoms with E-state index in [9.17, 15) is 4.39 Å². The Morgan fingerprint density at radius 1 is 1.29 bits per heavy atom. The maximum atomic E-state index is 14.1. The summed E-state index contributed by atoms with van der Waals surface area (Å²) in [4.78, 5) is 9.44. The fraction of sp³-hybridized carbons (Fsp3) is 0.375. The molecule has 1 aromatic heterocycles. The number of halogens is 1. The number of nitrogens with one attached hydrogen (secondary N) is 1. The second-order valence-electron chi connectivity index (χ2n) is 5.32. The van der Waals surface area contributed by atoms with E-state index in [1.165, 1.54) is 17.8 Å². The fourth-order valence-electron chi connectivity index (χ4n) is 1.87. The highest BCUT2D eigenvalue weighted by atomic mass is 32.2. The van der Waals surface area contributed by atoms with Crippen molar-refractivity contribution in [1.29, 1.82) is 0 Å². The van der Waals surface area contributed by atoms with Crippen molar-refractivity contribution in [3.63, 3.8) is 0 Å². The zero-order chi connectivity index (χ0) is 15.2. The van der Waals surface area contributed by atoms with Crippen molar-refractivity contribution in [2.45, 2.75) is 37.4 Å². The van der Waals surface area contributed by atoms with Gasteiger partial charge in [0.1, 0.15) is 5.82 Å². The van der Waals surface area contributed by atoms with Gasteiger partial charge in [-0.15, -0.1) is 0 Å². The van der Waals surface area contributed by atoms with Crippen LogP contribution in [0.3, 0.4) is 0 Å². The predicted molar refractivity (Wildman–Crippen MR) is 83.8 cm³/mol. The van der Waals surface area contributed by atoms with Crippen LogP contribution in [0.15, 0.2) is 40.5 Å². The predicted octanol–water partition coefficient (Wildman–Crippen LogP) is 3.82. The van der Waals surface area contributed by atoms with Gasteiger partial charge in [-0.1, -0.05) is 19.9 Å². The fourth-order valence-corrected chi connectivity index (χ4v) is 2.80. The molecule has 0 saturated carbocycles. The molecule has 1 heterocycles. The molecular weight excluding hydrogens is 285 g/mol. The minimum atomic E-state index is -0.191. The van der Waals surface area contributed by atoms with Crippen LogP contribution in [0.1, 0.15) is 25.1 Å². The van der Waals surface area contributed by atoms with Crippen LogP contribution in [0.2, 0.25) is 0 Å². The largest absolute Gasteiger partial charge is 0.312 e. The highest BCUT2D eigenvalue weighted by molar-refractivity contribution is 7.99. The molecular formula is C16H20FN3S. The lowest BCUT2D eigenvalue weighted by atomic mass is 10.2. The topological polar surface area (TPSA) is 37.8 Å². The van der Waals surface area contributed by atoms with E-state index in [1.807, 2.05) is 19.1 Å². The number of nitrogens with zero attached hydrogens (tertiary/aromatic N) is 2. The lowest BCUT2D eigenvalue weighted by molar-refractivity contribution is 0.530. The molecule has 0 aliphatic carbocycles. The van der Waals surface area contributed by atoms with Crippen LogP contribution >= 0.6 is 11.8 Å². The second kappa shape index (κ2) is 7.52. The molecule has 0 aliphatic heterocycles. The Morgan fingerprint density at radius 3 is 2.81 bits per heavy atom. The van der Waals surface area contributed by atoms with Crippen molar-refractivity contribution >= 4 is 11.8 Å². The van der Waals surface area contributed by atoms with Crippen LogP contribution in [0.5, 0.6) is 0 Å². The third-order valence-corrected chi connectivity index (χ3v) is 3.89. The Kier molecular flexibility index (Phi) is 5.70. The Balaban J connectivity index is 2.16. The summed E-state index contributed by atoms with van der Waals surface area (Å²) in [5.41, 5.74) is 1.58. The first-order valence-corrected chi connectivity index (χ1v) is 7.83. The Bertz CT molecular complexity index is 602. The molecule has 0 saturated heterocycles. The standard InChI is InChI=1S/C16H20FN3S/c1-11(2)9-18-10-13-14(17)5-4-6-15(13)21-16-19-8-7-12(3)20-16/h4-8,11,18H,9-10H2,1-3H3. The van der Waals surface area contributed by atoms with E-state index in [1.54, 1.807) is 12.3 Å². The van der Waals surface area contributed by atoms with E-state index in [2.05, 4.69) is 29.1 Å². The molecule has 21 heavy (non-hydrogen) atoms. The van der Waals surface area contributed by atoms with Gasteiger partial charge in [-0.3, -0.25) is 0 Å². The van der Waals surface area contributed by atoms with Crippen LogP contribution < -0.4 is 5.32 Å². The first-order valence-electron chi connectivity index (χ1n) is 7.02. The molecule has 0 atom stereocenters. The lowest BCUT2D eigenvalue weighted by Crippen LogP contribution is -2.20. The van der Waals surface area contributed by atoms with Crippen molar-refractivity contribution in [3.05, 3.63) is 47.5 Å². The van der Waals surface area contributed by atoms with E-state index in [4.69, 9.17) is 0 Å². The number of aromatic nitrogens is 2. The first kappa shape index (κ1) is 15.9. The molecule has 2 rings (SSSR count). The Labute approximate surface area is 129 Å². The molecule has 0 amide bonds. The van der Waals surface area contributed by atoms with Crippen LogP contribution in [0, 0.1) is 18.7 Å². The highest BCUT2D eigenvalue weighted by Crippen LogP contribution is 2.29. The summed E-state index contributed by atoms with van der Waals surface area (Å²) in [5.74, 6) is 0.344. The van der Waals surface area contributed by atoms with Gasteiger partial charge in [-0.05, 0) is 49.3 Å². The molecule has 0 spiro atoms. The Morgan fingerprint density at radius 2 is 2.10 bits per heavy atom. The molecule has 2 aromatic rings. The van der Waals surface area contributed by atoms with E-state index in [0.717, 1.165) is 17.1 Å². The van der Waals surface area contributed by atoms with Crippen molar-refractivity contribution in [2.24, 2.45) is 5.92 Å². The van der Waals surface area contributed by atoms with Crippen molar-refractivity contribution in [3.8, 4) is 0 Å². The van der Waals surface area contributed by atoms with Gasteiger partial charge in [0.15, 0.2) is 5.16 Å².